The van der Waals surface area contributed by atoms with Crippen molar-refractivity contribution in [1.82, 2.24) is 0 Å². The summed E-state index contributed by atoms with van der Waals surface area (Å²) >= 11 is 0. The fourth-order valence-electron chi connectivity index (χ4n) is 2.02. The van der Waals surface area contributed by atoms with Crippen molar-refractivity contribution in [2.75, 3.05) is 12.1 Å². The van der Waals surface area contributed by atoms with Crippen LogP contribution in [0.15, 0.2) is 42.5 Å². The number of anilines is 1. The van der Waals surface area contributed by atoms with E-state index in [0.29, 0.717) is 6.79 Å². The second-order valence-corrected chi connectivity index (χ2v) is 4.36. The molecule has 2 aromatic carbocycles. The van der Waals surface area contributed by atoms with Gasteiger partial charge in [-0.25, -0.2) is 0 Å². The molecule has 0 unspecified atom stereocenters. The Bertz CT molecular complexity index is 566. The molecule has 2 aromatic rings. The van der Waals surface area contributed by atoms with E-state index in [1.165, 1.54) is 11.1 Å². The Labute approximate surface area is 106 Å². The van der Waals surface area contributed by atoms with Gasteiger partial charge in [-0.3, -0.25) is 0 Å². The van der Waals surface area contributed by atoms with Crippen LogP contribution in [-0.4, -0.2) is 6.79 Å². The number of hydrogen-bond acceptors (Lipinski definition) is 3. The molecule has 0 aromatic heterocycles. The van der Waals surface area contributed by atoms with Crippen molar-refractivity contribution in [1.29, 1.82) is 0 Å². The quantitative estimate of drug-likeness (QED) is 0.894. The predicted octanol–water partition coefficient (Wildman–Crippen LogP) is 3.34. The summed E-state index contributed by atoms with van der Waals surface area (Å²) in [6.45, 7) is 3.20. The van der Waals surface area contributed by atoms with Gasteiger partial charge in [-0.1, -0.05) is 24.3 Å². The van der Waals surface area contributed by atoms with E-state index in [-0.39, 0.29) is 0 Å². The van der Waals surface area contributed by atoms with Gasteiger partial charge < -0.3 is 14.8 Å². The van der Waals surface area contributed by atoms with Crippen LogP contribution in [-0.2, 0) is 6.54 Å². The summed E-state index contributed by atoms with van der Waals surface area (Å²) in [6, 6.07) is 14.3. The van der Waals surface area contributed by atoms with Crippen LogP contribution in [0, 0.1) is 6.92 Å². The van der Waals surface area contributed by atoms with Gasteiger partial charge >= 0.3 is 0 Å². The number of nitrogens with one attached hydrogen (secondary N) is 1. The first-order valence-electron chi connectivity index (χ1n) is 6.01. The Balaban J connectivity index is 1.72. The second kappa shape index (κ2) is 4.61. The molecule has 92 valence electrons. The minimum atomic E-state index is 0.323. The lowest BCUT2D eigenvalue weighted by molar-refractivity contribution is 0.174. The summed E-state index contributed by atoms with van der Waals surface area (Å²) in [4.78, 5) is 0. The summed E-state index contributed by atoms with van der Waals surface area (Å²) in [5.74, 6) is 1.66. The average molecular weight is 241 g/mol. The maximum atomic E-state index is 5.36. The van der Waals surface area contributed by atoms with E-state index >= 15 is 0 Å². The third kappa shape index (κ3) is 2.12. The van der Waals surface area contributed by atoms with Crippen molar-refractivity contribution < 1.29 is 9.47 Å². The van der Waals surface area contributed by atoms with Crippen LogP contribution >= 0.6 is 0 Å². The van der Waals surface area contributed by atoms with E-state index in [9.17, 15) is 0 Å². The number of para-hydroxylation sites is 1. The molecule has 0 amide bonds. The molecule has 0 aliphatic carbocycles. The Morgan fingerprint density at radius 3 is 2.78 bits per heavy atom. The Morgan fingerprint density at radius 2 is 1.89 bits per heavy atom. The summed E-state index contributed by atoms with van der Waals surface area (Å²) in [5.41, 5.74) is 3.59. The molecule has 1 N–H and O–H groups in total. The summed E-state index contributed by atoms with van der Waals surface area (Å²) in [6.07, 6.45) is 0. The zero-order valence-corrected chi connectivity index (χ0v) is 10.3. The van der Waals surface area contributed by atoms with Crippen molar-refractivity contribution in [2.24, 2.45) is 0 Å². The fourth-order valence-corrected chi connectivity index (χ4v) is 2.02. The standard InChI is InChI=1S/C15H15NO2/c1-11-4-2-3-5-13(11)16-9-12-6-7-14-15(8-12)18-10-17-14/h2-8,16H,9-10H2,1H3. The molecule has 0 saturated heterocycles. The fraction of sp³-hybridized carbons (Fsp3) is 0.200. The molecule has 18 heavy (non-hydrogen) atoms. The first-order valence-corrected chi connectivity index (χ1v) is 6.01. The van der Waals surface area contributed by atoms with Crippen LogP contribution in [0.25, 0.3) is 0 Å². The Hall–Kier alpha value is -2.16. The van der Waals surface area contributed by atoms with Gasteiger partial charge in [0.1, 0.15) is 0 Å². The highest BCUT2D eigenvalue weighted by atomic mass is 16.7. The Kier molecular flexibility index (Phi) is 2.81. The molecule has 0 atom stereocenters. The van der Waals surface area contributed by atoms with Gasteiger partial charge in [-0.2, -0.15) is 0 Å². The highest BCUT2D eigenvalue weighted by Gasteiger charge is 2.12. The van der Waals surface area contributed by atoms with Gasteiger partial charge in [0.25, 0.3) is 0 Å². The maximum Gasteiger partial charge on any atom is 0.231 e. The molecular weight excluding hydrogens is 226 g/mol. The van der Waals surface area contributed by atoms with Gasteiger partial charge in [0.2, 0.25) is 6.79 Å². The minimum Gasteiger partial charge on any atom is -0.454 e. The first kappa shape index (κ1) is 11.0. The van der Waals surface area contributed by atoms with Gasteiger partial charge in [-0.05, 0) is 36.2 Å². The zero-order chi connectivity index (χ0) is 12.4. The highest BCUT2D eigenvalue weighted by Crippen LogP contribution is 2.32. The van der Waals surface area contributed by atoms with Crippen LogP contribution < -0.4 is 14.8 Å². The second-order valence-electron chi connectivity index (χ2n) is 4.36. The number of benzene rings is 2. The molecule has 0 radical (unpaired) electrons. The molecule has 0 fully saturated rings. The van der Waals surface area contributed by atoms with E-state index in [0.717, 1.165) is 23.7 Å². The van der Waals surface area contributed by atoms with Gasteiger partial charge in [0.05, 0.1) is 0 Å². The first-order chi connectivity index (χ1) is 8.83. The smallest absolute Gasteiger partial charge is 0.231 e. The highest BCUT2D eigenvalue weighted by molar-refractivity contribution is 5.51. The molecule has 3 nitrogen and oxygen atoms in total. The average Bonchev–Trinajstić information content (AvgIpc) is 2.85. The Morgan fingerprint density at radius 1 is 1.06 bits per heavy atom. The van der Waals surface area contributed by atoms with E-state index in [2.05, 4.69) is 30.4 Å². The monoisotopic (exact) mass is 241 g/mol. The lowest BCUT2D eigenvalue weighted by Gasteiger charge is -2.09. The van der Waals surface area contributed by atoms with Crippen molar-refractivity contribution >= 4 is 5.69 Å². The number of rotatable bonds is 3. The number of hydrogen-bond donors (Lipinski definition) is 1. The third-order valence-electron chi connectivity index (χ3n) is 3.07. The van der Waals surface area contributed by atoms with Gasteiger partial charge in [-0.15, -0.1) is 0 Å². The zero-order valence-electron chi connectivity index (χ0n) is 10.3. The number of aryl methyl sites for hydroxylation is 1. The molecule has 3 rings (SSSR count). The maximum absolute atomic E-state index is 5.36. The van der Waals surface area contributed by atoms with Crippen LogP contribution in [0.2, 0.25) is 0 Å². The molecule has 1 heterocycles. The van der Waals surface area contributed by atoms with Crippen molar-refractivity contribution in [3.8, 4) is 11.5 Å². The molecule has 0 spiro atoms. The van der Waals surface area contributed by atoms with Crippen LogP contribution in [0.3, 0.4) is 0 Å². The van der Waals surface area contributed by atoms with E-state index in [4.69, 9.17) is 9.47 Å². The van der Waals surface area contributed by atoms with Crippen LogP contribution in [0.4, 0.5) is 5.69 Å². The number of fused-ring (bicyclic) bond motifs is 1. The van der Waals surface area contributed by atoms with Crippen molar-refractivity contribution in [3.05, 3.63) is 53.6 Å². The molecule has 3 heteroatoms. The minimum absolute atomic E-state index is 0.323. The molecule has 1 aliphatic heterocycles. The predicted molar refractivity (Wildman–Crippen MR) is 71.1 cm³/mol. The van der Waals surface area contributed by atoms with E-state index < -0.39 is 0 Å². The lowest BCUT2D eigenvalue weighted by atomic mass is 10.1. The number of ether oxygens (including phenoxy) is 2. The third-order valence-corrected chi connectivity index (χ3v) is 3.07. The van der Waals surface area contributed by atoms with Crippen molar-refractivity contribution in [2.45, 2.75) is 13.5 Å². The van der Waals surface area contributed by atoms with Gasteiger partial charge in [0, 0.05) is 12.2 Å². The van der Waals surface area contributed by atoms with E-state index in [1.54, 1.807) is 0 Å². The summed E-state index contributed by atoms with van der Waals surface area (Å²) in [7, 11) is 0. The SMILES string of the molecule is Cc1ccccc1NCc1ccc2c(c1)OCO2. The molecule has 1 aliphatic rings. The van der Waals surface area contributed by atoms with Crippen LogP contribution in [0.1, 0.15) is 11.1 Å². The van der Waals surface area contributed by atoms with E-state index in [1.807, 2.05) is 24.3 Å². The van der Waals surface area contributed by atoms with Gasteiger partial charge in [0.15, 0.2) is 11.5 Å². The molecule has 0 saturated carbocycles. The lowest BCUT2D eigenvalue weighted by Crippen LogP contribution is -2.00. The molecular formula is C15H15NO2. The summed E-state index contributed by atoms with van der Waals surface area (Å²) < 4.78 is 10.7. The topological polar surface area (TPSA) is 30.5 Å². The largest absolute Gasteiger partial charge is 0.454 e. The summed E-state index contributed by atoms with van der Waals surface area (Å²) in [5, 5.41) is 3.42. The van der Waals surface area contributed by atoms with Crippen molar-refractivity contribution in [3.63, 3.8) is 0 Å². The normalized spacial score (nSPS) is 12.5. The van der Waals surface area contributed by atoms with Crippen LogP contribution in [0.5, 0.6) is 11.5 Å². The molecule has 0 bridgehead atoms.